The summed E-state index contributed by atoms with van der Waals surface area (Å²) >= 11 is 0. The summed E-state index contributed by atoms with van der Waals surface area (Å²) in [6, 6.07) is 1.67. The first-order chi connectivity index (χ1) is 6.51. The largest absolute Gasteiger partial charge is 0.244 e. The van der Waals surface area contributed by atoms with Crippen molar-refractivity contribution < 1.29 is 8.42 Å². The fourth-order valence-electron chi connectivity index (χ4n) is 1.30. The monoisotopic (exact) mass is 211 g/mol. The van der Waals surface area contributed by atoms with E-state index in [4.69, 9.17) is 0 Å². The topological polar surface area (TPSA) is 47.0 Å². The Kier molecular flexibility index (Phi) is 2.10. The quantitative estimate of drug-likeness (QED) is 0.747. The second-order valence-corrected chi connectivity index (χ2v) is 6.03. The van der Waals surface area contributed by atoms with Crippen molar-refractivity contribution in [2.75, 3.05) is 0 Å². The first kappa shape index (κ1) is 9.65. The molecule has 1 aromatic heterocycles. The maximum absolute atomic E-state index is 11.8. The smallest absolute Gasteiger partial charge is 0.198 e. The molecule has 76 valence electrons. The van der Waals surface area contributed by atoms with Crippen LogP contribution in [0.3, 0.4) is 0 Å². The summed E-state index contributed by atoms with van der Waals surface area (Å²) in [5, 5.41) is 0.0696. The lowest BCUT2D eigenvalue weighted by Gasteiger charge is -2.04. The molecule has 2 rings (SSSR count). The van der Waals surface area contributed by atoms with Crippen LogP contribution in [0.5, 0.6) is 0 Å². The molecular weight excluding hydrogens is 198 g/mol. The van der Waals surface area contributed by atoms with Gasteiger partial charge in [-0.2, -0.15) is 0 Å². The molecule has 1 fully saturated rings. The van der Waals surface area contributed by atoms with Gasteiger partial charge in [-0.05, 0) is 43.9 Å². The van der Waals surface area contributed by atoms with Gasteiger partial charge in [0.25, 0.3) is 0 Å². The minimum Gasteiger partial charge on any atom is -0.244 e. The van der Waals surface area contributed by atoms with Gasteiger partial charge in [-0.1, -0.05) is 0 Å². The van der Waals surface area contributed by atoms with Crippen LogP contribution in [0.1, 0.15) is 24.0 Å². The van der Waals surface area contributed by atoms with E-state index >= 15 is 0 Å². The number of nitrogens with zero attached hydrogens (tertiary/aromatic N) is 1. The van der Waals surface area contributed by atoms with E-state index in [0.29, 0.717) is 0 Å². The molecule has 1 aliphatic carbocycles. The molecule has 4 heteroatoms. The first-order valence-corrected chi connectivity index (χ1v) is 6.23. The summed E-state index contributed by atoms with van der Waals surface area (Å²) < 4.78 is 23.6. The predicted octanol–water partition coefficient (Wildman–Crippen LogP) is 1.63. The van der Waals surface area contributed by atoms with Crippen LogP contribution in [-0.4, -0.2) is 18.7 Å². The van der Waals surface area contributed by atoms with Crippen molar-refractivity contribution in [3.05, 3.63) is 23.4 Å². The van der Waals surface area contributed by atoms with Crippen LogP contribution in [0.15, 0.2) is 17.3 Å². The molecule has 0 aliphatic heterocycles. The third-order valence-corrected chi connectivity index (χ3v) is 4.76. The molecule has 0 amide bonds. The molecule has 0 N–H and O–H groups in total. The van der Waals surface area contributed by atoms with Crippen LogP contribution < -0.4 is 0 Å². The molecule has 1 aromatic rings. The van der Waals surface area contributed by atoms with Gasteiger partial charge in [-0.15, -0.1) is 0 Å². The van der Waals surface area contributed by atoms with Crippen LogP contribution in [0, 0.1) is 13.8 Å². The summed E-state index contributed by atoms with van der Waals surface area (Å²) in [6.45, 7) is 3.83. The predicted molar refractivity (Wildman–Crippen MR) is 53.9 cm³/mol. The Morgan fingerprint density at radius 2 is 1.93 bits per heavy atom. The van der Waals surface area contributed by atoms with E-state index in [1.165, 1.54) is 0 Å². The Morgan fingerprint density at radius 3 is 2.43 bits per heavy atom. The lowest BCUT2D eigenvalue weighted by atomic mass is 10.2. The second-order valence-electron chi connectivity index (χ2n) is 3.85. The molecule has 0 aromatic carbocycles. The lowest BCUT2D eigenvalue weighted by molar-refractivity contribution is 0.591. The molecule has 0 saturated heterocycles. The lowest BCUT2D eigenvalue weighted by Crippen LogP contribution is -2.09. The fourth-order valence-corrected chi connectivity index (χ4v) is 2.94. The first-order valence-electron chi connectivity index (χ1n) is 4.69. The Bertz CT molecular complexity index is 461. The zero-order valence-corrected chi connectivity index (χ0v) is 9.13. The molecular formula is C10H13NO2S. The second kappa shape index (κ2) is 3.05. The van der Waals surface area contributed by atoms with Gasteiger partial charge < -0.3 is 0 Å². The minimum atomic E-state index is -3.12. The van der Waals surface area contributed by atoms with Gasteiger partial charge in [-0.3, -0.25) is 0 Å². The number of aryl methyl sites for hydroxylation is 2. The molecule has 0 spiro atoms. The number of hydrogen-bond acceptors (Lipinski definition) is 3. The van der Waals surface area contributed by atoms with Crippen molar-refractivity contribution in [3.8, 4) is 0 Å². The van der Waals surface area contributed by atoms with Crippen LogP contribution in [0.25, 0.3) is 0 Å². The zero-order valence-electron chi connectivity index (χ0n) is 8.32. The van der Waals surface area contributed by atoms with Gasteiger partial charge >= 0.3 is 0 Å². The van der Waals surface area contributed by atoms with Gasteiger partial charge in [0.05, 0.1) is 5.25 Å². The average Bonchev–Trinajstić information content (AvgIpc) is 2.92. The van der Waals surface area contributed by atoms with Gasteiger partial charge in [-0.25, -0.2) is 13.4 Å². The van der Waals surface area contributed by atoms with E-state index in [-0.39, 0.29) is 10.3 Å². The van der Waals surface area contributed by atoms with E-state index in [1.54, 1.807) is 12.3 Å². The van der Waals surface area contributed by atoms with Crippen LogP contribution in [0.4, 0.5) is 0 Å². The minimum absolute atomic E-state index is 0.169. The van der Waals surface area contributed by atoms with Crippen molar-refractivity contribution in [3.63, 3.8) is 0 Å². The highest BCUT2D eigenvalue weighted by atomic mass is 32.2. The molecule has 1 saturated carbocycles. The van der Waals surface area contributed by atoms with Crippen molar-refractivity contribution >= 4 is 9.84 Å². The number of pyridine rings is 1. The SMILES string of the molecule is Cc1cnc(S(=O)(=O)C2CC2)cc1C. The van der Waals surface area contributed by atoms with Gasteiger partial charge in [0, 0.05) is 6.20 Å². The highest BCUT2D eigenvalue weighted by Gasteiger charge is 2.37. The number of hydrogen-bond donors (Lipinski definition) is 0. The van der Waals surface area contributed by atoms with E-state index in [2.05, 4.69) is 4.98 Å². The maximum atomic E-state index is 11.8. The highest BCUT2D eigenvalue weighted by molar-refractivity contribution is 7.92. The highest BCUT2D eigenvalue weighted by Crippen LogP contribution is 2.32. The molecule has 3 nitrogen and oxygen atoms in total. The Hall–Kier alpha value is -0.900. The molecule has 1 aliphatic rings. The van der Waals surface area contributed by atoms with Gasteiger partial charge in [0.2, 0.25) is 0 Å². The molecule has 14 heavy (non-hydrogen) atoms. The number of sulfone groups is 1. The number of aromatic nitrogens is 1. The molecule has 1 heterocycles. The zero-order chi connectivity index (χ0) is 10.3. The molecule has 0 radical (unpaired) electrons. The third-order valence-electron chi connectivity index (χ3n) is 2.60. The van der Waals surface area contributed by atoms with E-state index in [1.807, 2.05) is 13.8 Å². The van der Waals surface area contributed by atoms with E-state index < -0.39 is 9.84 Å². The fraction of sp³-hybridized carbons (Fsp3) is 0.500. The van der Waals surface area contributed by atoms with Gasteiger partial charge in [0.15, 0.2) is 14.9 Å². The molecule has 0 atom stereocenters. The van der Waals surface area contributed by atoms with Crippen molar-refractivity contribution in [1.82, 2.24) is 4.98 Å². The Morgan fingerprint density at radius 1 is 1.29 bits per heavy atom. The van der Waals surface area contributed by atoms with Crippen molar-refractivity contribution in [2.45, 2.75) is 37.0 Å². The summed E-state index contributed by atoms with van der Waals surface area (Å²) in [5.41, 5.74) is 2.01. The van der Waals surface area contributed by atoms with Crippen molar-refractivity contribution in [2.24, 2.45) is 0 Å². The van der Waals surface area contributed by atoms with Crippen molar-refractivity contribution in [1.29, 1.82) is 0 Å². The summed E-state index contributed by atoms with van der Waals surface area (Å²) in [7, 11) is -3.12. The summed E-state index contributed by atoms with van der Waals surface area (Å²) in [5.74, 6) is 0. The maximum Gasteiger partial charge on any atom is 0.198 e. The van der Waals surface area contributed by atoms with E-state index in [0.717, 1.165) is 24.0 Å². The summed E-state index contributed by atoms with van der Waals surface area (Å²) in [4.78, 5) is 3.98. The van der Waals surface area contributed by atoms with E-state index in [9.17, 15) is 8.42 Å². The number of rotatable bonds is 2. The average molecular weight is 211 g/mol. The third kappa shape index (κ3) is 1.54. The Labute approximate surface area is 84.1 Å². The van der Waals surface area contributed by atoms with Gasteiger partial charge in [0.1, 0.15) is 0 Å². The van der Waals surface area contributed by atoms with Crippen LogP contribution >= 0.6 is 0 Å². The molecule has 0 unspecified atom stereocenters. The standard InChI is InChI=1S/C10H13NO2S/c1-7-5-10(11-6-8(7)2)14(12,13)9-3-4-9/h5-6,9H,3-4H2,1-2H3. The van der Waals surface area contributed by atoms with Crippen LogP contribution in [-0.2, 0) is 9.84 Å². The normalized spacial score (nSPS) is 17.0. The molecule has 0 bridgehead atoms. The Balaban J connectivity index is 2.46. The van der Waals surface area contributed by atoms with Crippen LogP contribution in [0.2, 0.25) is 0 Å². The summed E-state index contributed by atoms with van der Waals surface area (Å²) in [6.07, 6.45) is 3.21.